The fourth-order valence-corrected chi connectivity index (χ4v) is 8.01. The van der Waals surface area contributed by atoms with Crippen LogP contribution in [-0.4, -0.2) is 6.16 Å². The highest BCUT2D eigenvalue weighted by atomic mass is 31.2. The third-order valence-corrected chi connectivity index (χ3v) is 9.76. The first kappa shape index (κ1) is 21.4. The molecule has 0 saturated heterocycles. The Morgan fingerprint density at radius 1 is 0.606 bits per heavy atom. The van der Waals surface area contributed by atoms with Gasteiger partial charge in [-0.1, -0.05) is 133 Å². The fourth-order valence-electron chi connectivity index (χ4n) is 4.94. The lowest BCUT2D eigenvalue weighted by molar-refractivity contribution is 0.580. The highest BCUT2D eigenvalue weighted by molar-refractivity contribution is 7.78. The molecule has 1 atom stereocenters. The summed E-state index contributed by atoms with van der Waals surface area (Å²) < 4.78 is 15.0. The van der Waals surface area contributed by atoms with Crippen molar-refractivity contribution in [3.8, 4) is 0 Å². The van der Waals surface area contributed by atoms with Gasteiger partial charge < -0.3 is 4.57 Å². The van der Waals surface area contributed by atoms with E-state index in [9.17, 15) is 0 Å². The highest BCUT2D eigenvalue weighted by Gasteiger charge is 2.41. The molecular formula is C31H27OP. The number of benzene rings is 4. The Hall–Kier alpha value is -3.41. The lowest BCUT2D eigenvalue weighted by Crippen LogP contribution is -2.31. The molecule has 1 nitrogen and oxygen atoms in total. The predicted octanol–water partition coefficient (Wildman–Crippen LogP) is 6.98. The van der Waals surface area contributed by atoms with Crippen LogP contribution in [-0.2, 0) is 9.98 Å². The zero-order chi connectivity index (χ0) is 22.7. The van der Waals surface area contributed by atoms with Crippen molar-refractivity contribution in [1.29, 1.82) is 0 Å². The Labute approximate surface area is 196 Å². The van der Waals surface area contributed by atoms with Crippen molar-refractivity contribution in [2.75, 3.05) is 6.16 Å². The molecule has 0 bridgehead atoms. The van der Waals surface area contributed by atoms with E-state index < -0.39 is 12.6 Å². The Morgan fingerprint density at radius 3 is 1.58 bits per heavy atom. The molecule has 0 heterocycles. The molecule has 0 amide bonds. The van der Waals surface area contributed by atoms with Crippen LogP contribution < -0.4 is 10.6 Å². The molecule has 0 radical (unpaired) electrons. The topological polar surface area (TPSA) is 17.1 Å². The first-order valence-corrected chi connectivity index (χ1v) is 13.2. The van der Waals surface area contributed by atoms with Gasteiger partial charge in [0, 0.05) is 22.2 Å². The van der Waals surface area contributed by atoms with E-state index in [1.165, 1.54) is 22.3 Å². The van der Waals surface area contributed by atoms with Gasteiger partial charge in [-0.2, -0.15) is 0 Å². The van der Waals surface area contributed by atoms with Gasteiger partial charge in [0.15, 0.2) is 0 Å². The van der Waals surface area contributed by atoms with Crippen LogP contribution in [0.5, 0.6) is 0 Å². The minimum atomic E-state index is -2.94. The number of rotatable bonds is 6. The van der Waals surface area contributed by atoms with Gasteiger partial charge in [0.2, 0.25) is 0 Å². The molecule has 0 aromatic heterocycles. The van der Waals surface area contributed by atoms with Crippen LogP contribution in [0.25, 0.3) is 5.57 Å². The average Bonchev–Trinajstić information content (AvgIpc) is 3.23. The first-order valence-electron chi connectivity index (χ1n) is 11.3. The van der Waals surface area contributed by atoms with E-state index in [0.29, 0.717) is 6.16 Å². The van der Waals surface area contributed by atoms with E-state index >= 15 is 4.57 Å². The standard InChI is InChI=1S/C31H27OP/c1-25-22-31(27-16-8-3-9-17-27,23-30(25)26-14-6-2-7-15-26)24-33(32,28-18-10-4-11-19-28)29-20-12-5-13-21-29/h2-23H,24H2,1H3/t31-/m1/s1. The van der Waals surface area contributed by atoms with Gasteiger partial charge in [0.25, 0.3) is 0 Å². The monoisotopic (exact) mass is 446 g/mol. The van der Waals surface area contributed by atoms with Crippen molar-refractivity contribution >= 4 is 23.3 Å². The van der Waals surface area contributed by atoms with Crippen molar-refractivity contribution in [3.63, 3.8) is 0 Å². The quantitative estimate of drug-likeness (QED) is 0.292. The molecule has 0 saturated carbocycles. The summed E-state index contributed by atoms with van der Waals surface area (Å²) in [6.07, 6.45) is 5.17. The van der Waals surface area contributed by atoms with Gasteiger partial charge in [-0.05, 0) is 29.2 Å². The van der Waals surface area contributed by atoms with Crippen LogP contribution in [0, 0.1) is 0 Å². The van der Waals surface area contributed by atoms with Gasteiger partial charge in [0.1, 0.15) is 7.14 Å². The summed E-state index contributed by atoms with van der Waals surface area (Å²) in [6.45, 7) is 2.17. The van der Waals surface area contributed by atoms with Crippen molar-refractivity contribution in [1.82, 2.24) is 0 Å². The second-order valence-electron chi connectivity index (χ2n) is 8.73. The maximum Gasteiger partial charge on any atom is 0.144 e. The van der Waals surface area contributed by atoms with Crippen LogP contribution in [0.1, 0.15) is 18.1 Å². The summed E-state index contributed by atoms with van der Waals surface area (Å²) in [5.74, 6) is 0. The van der Waals surface area contributed by atoms with Crippen LogP contribution in [0.15, 0.2) is 139 Å². The highest BCUT2D eigenvalue weighted by Crippen LogP contribution is 2.53. The largest absolute Gasteiger partial charge is 0.314 e. The molecule has 0 unspecified atom stereocenters. The first-order chi connectivity index (χ1) is 16.1. The Bertz CT molecular complexity index is 1300. The van der Waals surface area contributed by atoms with Crippen molar-refractivity contribution in [2.45, 2.75) is 12.3 Å². The van der Waals surface area contributed by atoms with E-state index in [4.69, 9.17) is 0 Å². The SMILES string of the molecule is CC1=C[C@@](CP(=O)(c2ccccc2)c2ccccc2)(c2ccccc2)C=C1c1ccccc1. The summed E-state index contributed by atoms with van der Waals surface area (Å²) >= 11 is 0. The third-order valence-electron chi connectivity index (χ3n) is 6.53. The maximum atomic E-state index is 15.0. The van der Waals surface area contributed by atoms with E-state index in [1.807, 2.05) is 72.8 Å². The third kappa shape index (κ3) is 4.06. The molecule has 162 valence electrons. The summed E-state index contributed by atoms with van der Waals surface area (Å²) in [5, 5.41) is 1.80. The Balaban J connectivity index is 1.72. The summed E-state index contributed by atoms with van der Waals surface area (Å²) in [4.78, 5) is 0. The van der Waals surface area contributed by atoms with Gasteiger partial charge in [-0.15, -0.1) is 0 Å². The van der Waals surface area contributed by atoms with Crippen molar-refractivity contribution in [2.24, 2.45) is 0 Å². The smallest absolute Gasteiger partial charge is 0.144 e. The fraction of sp³-hybridized carbons (Fsp3) is 0.0968. The van der Waals surface area contributed by atoms with Crippen LogP contribution in [0.3, 0.4) is 0 Å². The van der Waals surface area contributed by atoms with Crippen LogP contribution in [0.4, 0.5) is 0 Å². The molecule has 5 rings (SSSR count). The molecule has 0 N–H and O–H groups in total. The normalized spacial score (nSPS) is 18.0. The summed E-state index contributed by atoms with van der Waals surface area (Å²) in [6, 6.07) is 41.0. The number of hydrogen-bond donors (Lipinski definition) is 0. The summed E-state index contributed by atoms with van der Waals surface area (Å²) in [5.41, 5.74) is 4.34. The minimum Gasteiger partial charge on any atom is -0.314 e. The van der Waals surface area contributed by atoms with Crippen LogP contribution >= 0.6 is 7.14 Å². The molecule has 2 heteroatoms. The molecule has 1 aliphatic carbocycles. The average molecular weight is 447 g/mol. The van der Waals surface area contributed by atoms with E-state index in [-0.39, 0.29) is 0 Å². The Morgan fingerprint density at radius 2 is 1.06 bits per heavy atom. The predicted molar refractivity (Wildman–Crippen MR) is 141 cm³/mol. The lowest BCUT2D eigenvalue weighted by Gasteiger charge is -2.32. The van der Waals surface area contributed by atoms with Crippen molar-refractivity contribution < 1.29 is 4.57 Å². The molecule has 0 fully saturated rings. The zero-order valence-electron chi connectivity index (χ0n) is 18.8. The van der Waals surface area contributed by atoms with Gasteiger partial charge in [-0.3, -0.25) is 0 Å². The number of allylic oxidation sites excluding steroid dienone is 4. The second-order valence-corrected chi connectivity index (χ2v) is 11.6. The molecule has 1 aliphatic rings. The molecule has 33 heavy (non-hydrogen) atoms. The second kappa shape index (κ2) is 8.85. The van der Waals surface area contributed by atoms with E-state index in [0.717, 1.165) is 10.6 Å². The lowest BCUT2D eigenvalue weighted by atomic mass is 9.83. The minimum absolute atomic E-state index is 0.461. The molecular weight excluding hydrogens is 419 g/mol. The molecule has 4 aromatic rings. The maximum absolute atomic E-state index is 15.0. The van der Waals surface area contributed by atoms with Gasteiger partial charge >= 0.3 is 0 Å². The van der Waals surface area contributed by atoms with Crippen molar-refractivity contribution in [3.05, 3.63) is 150 Å². The summed E-state index contributed by atoms with van der Waals surface area (Å²) in [7, 11) is -2.94. The zero-order valence-corrected chi connectivity index (χ0v) is 19.7. The molecule has 0 spiro atoms. The molecule has 4 aromatic carbocycles. The van der Waals surface area contributed by atoms with E-state index in [2.05, 4.69) is 67.6 Å². The van der Waals surface area contributed by atoms with Crippen LogP contribution in [0.2, 0.25) is 0 Å². The number of hydrogen-bond acceptors (Lipinski definition) is 1. The Kier molecular flexibility index (Phi) is 5.75. The molecule has 0 aliphatic heterocycles. The van der Waals surface area contributed by atoms with E-state index in [1.54, 1.807) is 0 Å². The van der Waals surface area contributed by atoms with Gasteiger partial charge in [-0.25, -0.2) is 0 Å². The van der Waals surface area contributed by atoms with Gasteiger partial charge in [0.05, 0.1) is 0 Å².